The number of pyridine rings is 1. The van der Waals surface area contributed by atoms with Crippen LogP contribution >= 0.6 is 0 Å². The highest BCUT2D eigenvalue weighted by Gasteiger charge is 2.18. The average molecular weight is 361 g/mol. The molecular weight excluding hydrogens is 338 g/mol. The first kappa shape index (κ1) is 18.5. The Morgan fingerprint density at radius 3 is 2.37 bits per heavy atom. The van der Waals surface area contributed by atoms with Crippen molar-refractivity contribution in [3.63, 3.8) is 0 Å². The number of rotatable bonds is 2. The number of aromatic nitrogens is 3. The molecular formula is C21H23N5O. The summed E-state index contributed by atoms with van der Waals surface area (Å²) in [7, 11) is 0. The highest BCUT2D eigenvalue weighted by Crippen LogP contribution is 2.25. The van der Waals surface area contributed by atoms with E-state index in [1.54, 1.807) is 24.7 Å². The van der Waals surface area contributed by atoms with Gasteiger partial charge in [-0.2, -0.15) is 0 Å². The van der Waals surface area contributed by atoms with E-state index in [0.29, 0.717) is 0 Å². The molecule has 1 aliphatic heterocycles. The fraction of sp³-hybridized carbons (Fsp3) is 0.238. The van der Waals surface area contributed by atoms with Crippen LogP contribution in [-0.2, 0) is 0 Å². The van der Waals surface area contributed by atoms with Gasteiger partial charge in [0.2, 0.25) is 0 Å². The van der Waals surface area contributed by atoms with Gasteiger partial charge in [0, 0.05) is 42.9 Å². The van der Waals surface area contributed by atoms with E-state index in [1.165, 1.54) is 6.33 Å². The molecule has 1 aromatic carbocycles. The first-order chi connectivity index (χ1) is 13.2. The van der Waals surface area contributed by atoms with E-state index in [2.05, 4.69) is 27.2 Å². The fourth-order valence-electron chi connectivity index (χ4n) is 2.87. The van der Waals surface area contributed by atoms with Crippen molar-refractivity contribution in [3.8, 4) is 11.3 Å². The van der Waals surface area contributed by atoms with Gasteiger partial charge in [0.25, 0.3) is 0 Å². The van der Waals surface area contributed by atoms with Gasteiger partial charge in [0.1, 0.15) is 6.33 Å². The Morgan fingerprint density at radius 2 is 1.78 bits per heavy atom. The molecule has 0 aliphatic carbocycles. The van der Waals surface area contributed by atoms with Crippen LogP contribution in [0.4, 0.5) is 10.5 Å². The Hall–Kier alpha value is -3.28. The van der Waals surface area contributed by atoms with Gasteiger partial charge in [-0.15, -0.1) is 0 Å². The normalized spacial score (nSPS) is 12.9. The van der Waals surface area contributed by atoms with Crippen LogP contribution in [0, 0.1) is 6.92 Å². The number of aryl methyl sites for hydroxylation is 1. The molecule has 1 saturated heterocycles. The van der Waals surface area contributed by atoms with Gasteiger partial charge in [-0.25, -0.2) is 14.8 Å². The summed E-state index contributed by atoms with van der Waals surface area (Å²) in [6, 6.07) is 13.6. The van der Waals surface area contributed by atoms with E-state index in [-0.39, 0.29) is 6.03 Å². The summed E-state index contributed by atoms with van der Waals surface area (Å²) in [5.74, 6) is 0. The third kappa shape index (κ3) is 5.34. The van der Waals surface area contributed by atoms with Crippen molar-refractivity contribution in [2.75, 3.05) is 18.4 Å². The molecule has 3 heterocycles. The van der Waals surface area contributed by atoms with Crippen LogP contribution in [0.15, 0.2) is 67.4 Å². The lowest BCUT2D eigenvalue weighted by molar-refractivity contribution is 0.222. The standard InChI is InChI=1S/C17H19N3O.C4H4N2/c1-13-7-8-14(19-17(21)20-10-4-5-11-20)12-15(13)16-6-2-3-9-18-16;1-2-5-4-6-3-1/h2-3,6-9,12H,4-5,10-11H2,1H3,(H,19,21);1-4H. The molecule has 0 radical (unpaired) electrons. The second kappa shape index (κ2) is 9.43. The molecule has 2 amide bonds. The number of urea groups is 1. The van der Waals surface area contributed by atoms with Gasteiger partial charge < -0.3 is 10.2 Å². The molecule has 0 saturated carbocycles. The Bertz CT molecular complexity index is 822. The minimum atomic E-state index is -0.0108. The number of nitrogens with zero attached hydrogens (tertiary/aromatic N) is 4. The molecule has 2 aromatic heterocycles. The van der Waals surface area contributed by atoms with Gasteiger partial charge in [-0.1, -0.05) is 12.1 Å². The lowest BCUT2D eigenvalue weighted by Crippen LogP contribution is -2.32. The number of hydrogen-bond donors (Lipinski definition) is 1. The molecule has 6 heteroatoms. The molecule has 0 spiro atoms. The molecule has 4 rings (SSSR count). The zero-order chi connectivity index (χ0) is 18.9. The SMILES string of the molecule is Cc1ccc(NC(=O)N2CCCC2)cc1-c1ccccn1.c1cncnc1. The second-order valence-corrected chi connectivity index (χ2v) is 6.27. The summed E-state index contributed by atoms with van der Waals surface area (Å²) in [5.41, 5.74) is 3.94. The molecule has 6 nitrogen and oxygen atoms in total. The predicted molar refractivity (Wildman–Crippen MR) is 106 cm³/mol. The first-order valence-corrected chi connectivity index (χ1v) is 9.02. The number of hydrogen-bond acceptors (Lipinski definition) is 4. The number of anilines is 1. The maximum atomic E-state index is 12.1. The molecule has 138 valence electrons. The quantitative estimate of drug-likeness (QED) is 0.744. The molecule has 1 N–H and O–H groups in total. The lowest BCUT2D eigenvalue weighted by Gasteiger charge is -2.17. The Labute approximate surface area is 159 Å². The summed E-state index contributed by atoms with van der Waals surface area (Å²) in [5, 5.41) is 2.98. The molecule has 0 atom stereocenters. The van der Waals surface area contributed by atoms with Gasteiger partial charge >= 0.3 is 6.03 Å². The van der Waals surface area contributed by atoms with Gasteiger partial charge in [0.15, 0.2) is 0 Å². The van der Waals surface area contributed by atoms with E-state index in [4.69, 9.17) is 0 Å². The van der Waals surface area contributed by atoms with Crippen LogP contribution in [0.3, 0.4) is 0 Å². The van der Waals surface area contributed by atoms with Crippen molar-refractivity contribution >= 4 is 11.7 Å². The number of nitrogens with one attached hydrogen (secondary N) is 1. The molecule has 0 bridgehead atoms. The van der Waals surface area contributed by atoms with Gasteiger partial charge in [0.05, 0.1) is 5.69 Å². The Morgan fingerprint density at radius 1 is 1.00 bits per heavy atom. The topological polar surface area (TPSA) is 71.0 Å². The average Bonchev–Trinajstić information content (AvgIpc) is 3.27. The smallest absolute Gasteiger partial charge is 0.321 e. The summed E-state index contributed by atoms with van der Waals surface area (Å²) in [6.45, 7) is 3.76. The largest absolute Gasteiger partial charge is 0.325 e. The lowest BCUT2D eigenvalue weighted by atomic mass is 10.0. The maximum absolute atomic E-state index is 12.1. The zero-order valence-corrected chi connectivity index (χ0v) is 15.4. The van der Waals surface area contributed by atoms with Crippen LogP contribution in [0.5, 0.6) is 0 Å². The number of carbonyl (C=O) groups is 1. The summed E-state index contributed by atoms with van der Waals surface area (Å²) in [6.07, 6.45) is 8.85. The van der Waals surface area contributed by atoms with Gasteiger partial charge in [-0.05, 0) is 55.7 Å². The van der Waals surface area contributed by atoms with Crippen LogP contribution in [0.2, 0.25) is 0 Å². The minimum Gasteiger partial charge on any atom is -0.325 e. The van der Waals surface area contributed by atoms with E-state index in [9.17, 15) is 4.79 Å². The van der Waals surface area contributed by atoms with Gasteiger partial charge in [-0.3, -0.25) is 4.98 Å². The molecule has 1 aliphatic rings. The van der Waals surface area contributed by atoms with E-state index < -0.39 is 0 Å². The number of amides is 2. The molecule has 1 fully saturated rings. The molecule has 0 unspecified atom stereocenters. The second-order valence-electron chi connectivity index (χ2n) is 6.27. The maximum Gasteiger partial charge on any atom is 0.321 e. The van der Waals surface area contributed by atoms with Crippen LogP contribution in [0.25, 0.3) is 11.3 Å². The van der Waals surface area contributed by atoms with E-state index >= 15 is 0 Å². The van der Waals surface area contributed by atoms with E-state index in [1.807, 2.05) is 41.3 Å². The zero-order valence-electron chi connectivity index (χ0n) is 15.4. The summed E-state index contributed by atoms with van der Waals surface area (Å²) in [4.78, 5) is 25.7. The monoisotopic (exact) mass is 361 g/mol. The third-order valence-electron chi connectivity index (χ3n) is 4.30. The molecule has 3 aromatic rings. The van der Waals surface area contributed by atoms with Crippen molar-refractivity contribution in [3.05, 3.63) is 72.9 Å². The first-order valence-electron chi connectivity index (χ1n) is 9.02. The fourth-order valence-corrected chi connectivity index (χ4v) is 2.87. The summed E-state index contributed by atoms with van der Waals surface area (Å²) < 4.78 is 0. The van der Waals surface area contributed by atoms with Crippen molar-refractivity contribution < 1.29 is 4.79 Å². The van der Waals surface area contributed by atoms with Crippen molar-refractivity contribution in [1.82, 2.24) is 19.9 Å². The Kier molecular flexibility index (Phi) is 6.46. The third-order valence-corrected chi connectivity index (χ3v) is 4.30. The van der Waals surface area contributed by atoms with Crippen LogP contribution < -0.4 is 5.32 Å². The van der Waals surface area contributed by atoms with Crippen molar-refractivity contribution in [2.24, 2.45) is 0 Å². The highest BCUT2D eigenvalue weighted by molar-refractivity contribution is 5.90. The number of carbonyl (C=O) groups excluding carboxylic acids is 1. The minimum absolute atomic E-state index is 0.0108. The van der Waals surface area contributed by atoms with Crippen LogP contribution in [0.1, 0.15) is 18.4 Å². The highest BCUT2D eigenvalue weighted by atomic mass is 16.2. The predicted octanol–water partition coefficient (Wildman–Crippen LogP) is 4.16. The Balaban J connectivity index is 0.000000299. The van der Waals surface area contributed by atoms with E-state index in [0.717, 1.165) is 48.4 Å². The van der Waals surface area contributed by atoms with Crippen LogP contribution in [-0.4, -0.2) is 39.0 Å². The van der Waals surface area contributed by atoms with Crippen molar-refractivity contribution in [1.29, 1.82) is 0 Å². The van der Waals surface area contributed by atoms with Crippen molar-refractivity contribution in [2.45, 2.75) is 19.8 Å². The number of benzene rings is 1. The molecule has 27 heavy (non-hydrogen) atoms. The number of likely N-dealkylation sites (tertiary alicyclic amines) is 1. The summed E-state index contributed by atoms with van der Waals surface area (Å²) >= 11 is 0.